The lowest BCUT2D eigenvalue weighted by Crippen LogP contribution is -2.46. The molecule has 0 radical (unpaired) electrons. The zero-order valence-electron chi connectivity index (χ0n) is 17.2. The van der Waals surface area contributed by atoms with Crippen molar-refractivity contribution in [3.05, 3.63) is 88.9 Å². The van der Waals surface area contributed by atoms with Gasteiger partial charge in [-0.25, -0.2) is 4.98 Å². The number of rotatable bonds is 4. The molecule has 0 saturated carbocycles. The van der Waals surface area contributed by atoms with Gasteiger partial charge in [-0.15, -0.1) is 5.92 Å². The molecule has 1 aromatic carbocycles. The third-order valence-electron chi connectivity index (χ3n) is 5.31. The predicted octanol–water partition coefficient (Wildman–Crippen LogP) is 4.03. The molecule has 1 aliphatic rings. The van der Waals surface area contributed by atoms with Crippen molar-refractivity contribution in [2.45, 2.75) is 19.9 Å². The van der Waals surface area contributed by atoms with Crippen LogP contribution in [0.3, 0.4) is 0 Å². The van der Waals surface area contributed by atoms with E-state index in [-0.39, 0.29) is 14.7 Å². The number of ketones is 1. The molecule has 1 saturated heterocycles. The largest absolute Gasteiger partial charge is 0.353 e. The Kier molecular flexibility index (Phi) is 5.87. The Balaban J connectivity index is 0.00000181. The number of aryl methyl sites for hydroxylation is 1. The van der Waals surface area contributed by atoms with Crippen molar-refractivity contribution in [1.29, 1.82) is 0 Å². The molecule has 5 heteroatoms. The number of hydrogen-bond donors (Lipinski definition) is 1. The van der Waals surface area contributed by atoms with E-state index in [2.05, 4.69) is 51.3 Å². The summed E-state index contributed by atoms with van der Waals surface area (Å²) in [7, 11) is 0. The first-order valence-electron chi connectivity index (χ1n) is 10.1. The van der Waals surface area contributed by atoms with Crippen molar-refractivity contribution in [2.75, 3.05) is 24.5 Å². The van der Waals surface area contributed by atoms with Crippen molar-refractivity contribution >= 4 is 11.6 Å². The molecule has 1 atom stereocenters. The highest BCUT2D eigenvalue weighted by Crippen LogP contribution is 2.23. The summed E-state index contributed by atoms with van der Waals surface area (Å²) < 4.78 is 0. The lowest BCUT2D eigenvalue weighted by atomic mass is 10.0. The minimum Gasteiger partial charge on any atom is -0.353 e. The van der Waals surface area contributed by atoms with Crippen LogP contribution in [-0.4, -0.2) is 35.4 Å². The third-order valence-corrected chi connectivity index (χ3v) is 5.31. The number of nitrogens with zero attached hydrogens (tertiary/aromatic N) is 3. The molecule has 30 heavy (non-hydrogen) atoms. The molecule has 0 spiro atoms. The van der Waals surface area contributed by atoms with E-state index >= 15 is 0 Å². The fourth-order valence-corrected chi connectivity index (χ4v) is 3.75. The molecular formula is C25H28N4O. The van der Waals surface area contributed by atoms with Crippen LogP contribution in [0.2, 0.25) is 0 Å². The standard InChI is InChI=1S/C25H24N4O.2H2/c1-3-8-20-12-13-23(28-24(20)25(30)21-11-7-14-26-18(21)2)29-16-15-27-22(17-29)19-9-5-4-6-10-19;;/h4-7,9-14,22,27H,15-17H2,1-2H3;2*1H/t22-;;/m1../s1. The van der Waals surface area contributed by atoms with Gasteiger partial charge >= 0.3 is 0 Å². The highest BCUT2D eigenvalue weighted by atomic mass is 16.1. The van der Waals surface area contributed by atoms with E-state index < -0.39 is 0 Å². The minimum absolute atomic E-state index is 0. The van der Waals surface area contributed by atoms with Gasteiger partial charge in [-0.2, -0.15) is 0 Å². The molecule has 3 aromatic rings. The highest BCUT2D eigenvalue weighted by Gasteiger charge is 2.24. The zero-order valence-corrected chi connectivity index (χ0v) is 17.2. The van der Waals surface area contributed by atoms with Gasteiger partial charge in [0.25, 0.3) is 0 Å². The summed E-state index contributed by atoms with van der Waals surface area (Å²) in [4.78, 5) is 24.5. The molecule has 0 aliphatic carbocycles. The fourth-order valence-electron chi connectivity index (χ4n) is 3.75. The Bertz CT molecular complexity index is 1130. The lowest BCUT2D eigenvalue weighted by molar-refractivity contribution is 0.103. The zero-order chi connectivity index (χ0) is 20.9. The number of carbonyl (C=O) groups is 1. The molecular weight excluding hydrogens is 372 g/mol. The van der Waals surface area contributed by atoms with E-state index in [9.17, 15) is 4.79 Å². The number of nitrogens with one attached hydrogen (secondary N) is 1. The van der Waals surface area contributed by atoms with Gasteiger partial charge in [-0.1, -0.05) is 36.3 Å². The van der Waals surface area contributed by atoms with Gasteiger partial charge in [-0.05, 0) is 43.7 Å². The molecule has 154 valence electrons. The van der Waals surface area contributed by atoms with Crippen molar-refractivity contribution in [2.24, 2.45) is 0 Å². The van der Waals surface area contributed by atoms with E-state index in [4.69, 9.17) is 4.98 Å². The Hall–Kier alpha value is -3.49. The molecule has 2 aromatic heterocycles. The van der Waals surface area contributed by atoms with E-state index in [1.54, 1.807) is 25.3 Å². The summed E-state index contributed by atoms with van der Waals surface area (Å²) >= 11 is 0. The summed E-state index contributed by atoms with van der Waals surface area (Å²) in [6.45, 7) is 6.06. The number of piperazine rings is 1. The van der Waals surface area contributed by atoms with Gasteiger partial charge in [0.15, 0.2) is 0 Å². The van der Waals surface area contributed by atoms with Gasteiger partial charge in [0.2, 0.25) is 5.78 Å². The second-order valence-electron chi connectivity index (χ2n) is 7.27. The smallest absolute Gasteiger partial charge is 0.214 e. The molecule has 1 N–H and O–H groups in total. The van der Waals surface area contributed by atoms with Gasteiger partial charge in [0.05, 0.1) is 5.56 Å². The van der Waals surface area contributed by atoms with Gasteiger partial charge in [-0.3, -0.25) is 9.78 Å². The van der Waals surface area contributed by atoms with Crippen LogP contribution >= 0.6 is 0 Å². The summed E-state index contributed by atoms with van der Waals surface area (Å²) in [5.41, 5.74) is 3.52. The molecule has 0 amide bonds. The Morgan fingerprint density at radius 1 is 1.17 bits per heavy atom. The van der Waals surface area contributed by atoms with E-state index in [0.29, 0.717) is 22.5 Å². The van der Waals surface area contributed by atoms with Crippen LogP contribution in [0.25, 0.3) is 0 Å². The lowest BCUT2D eigenvalue weighted by Gasteiger charge is -2.35. The molecule has 4 rings (SSSR count). The second-order valence-corrected chi connectivity index (χ2v) is 7.27. The molecule has 1 aliphatic heterocycles. The van der Waals surface area contributed by atoms with Gasteiger partial charge < -0.3 is 10.2 Å². The van der Waals surface area contributed by atoms with E-state index in [1.807, 2.05) is 25.1 Å². The number of carbonyl (C=O) groups excluding carboxylic acids is 1. The average Bonchev–Trinajstić information content (AvgIpc) is 2.80. The first-order chi connectivity index (χ1) is 14.7. The van der Waals surface area contributed by atoms with Crippen LogP contribution in [0.5, 0.6) is 0 Å². The monoisotopic (exact) mass is 400 g/mol. The van der Waals surface area contributed by atoms with Crippen molar-refractivity contribution in [3.63, 3.8) is 0 Å². The first kappa shape index (κ1) is 19.8. The Labute approximate surface area is 180 Å². The Morgan fingerprint density at radius 3 is 2.77 bits per heavy atom. The van der Waals surface area contributed by atoms with Crippen molar-refractivity contribution in [3.8, 4) is 11.8 Å². The molecule has 0 unspecified atom stereocenters. The molecule has 5 nitrogen and oxygen atoms in total. The highest BCUT2D eigenvalue weighted by molar-refractivity contribution is 6.10. The van der Waals surface area contributed by atoms with Crippen LogP contribution in [0.4, 0.5) is 5.82 Å². The first-order valence-corrected chi connectivity index (χ1v) is 10.1. The Morgan fingerprint density at radius 2 is 2.00 bits per heavy atom. The van der Waals surface area contributed by atoms with Crippen molar-refractivity contribution in [1.82, 2.24) is 15.3 Å². The average molecular weight is 401 g/mol. The van der Waals surface area contributed by atoms with Crippen LogP contribution in [0, 0.1) is 18.8 Å². The number of pyridine rings is 2. The van der Waals surface area contributed by atoms with E-state index in [0.717, 1.165) is 25.5 Å². The number of benzene rings is 1. The SMILES string of the molecule is CC#Cc1ccc(N2CCN[C@@H](c3ccccc3)C2)nc1C(=O)c1cccnc1C.[HH].[HH]. The van der Waals surface area contributed by atoms with E-state index in [1.165, 1.54) is 5.56 Å². The van der Waals surface area contributed by atoms with Crippen molar-refractivity contribution < 1.29 is 7.65 Å². The number of anilines is 1. The van der Waals surface area contributed by atoms with Crippen LogP contribution in [0.1, 0.15) is 48.7 Å². The number of aromatic nitrogens is 2. The quantitative estimate of drug-likeness (QED) is 0.529. The van der Waals surface area contributed by atoms with Gasteiger partial charge in [0, 0.05) is 46.0 Å². The maximum absolute atomic E-state index is 13.3. The maximum atomic E-state index is 13.3. The minimum atomic E-state index is -0.144. The summed E-state index contributed by atoms with van der Waals surface area (Å²) in [6, 6.07) is 18.0. The predicted molar refractivity (Wildman–Crippen MR) is 123 cm³/mol. The molecule has 0 bridgehead atoms. The number of hydrogen-bond acceptors (Lipinski definition) is 5. The summed E-state index contributed by atoms with van der Waals surface area (Å²) in [5, 5.41) is 3.57. The summed E-state index contributed by atoms with van der Waals surface area (Å²) in [5.74, 6) is 6.57. The van der Waals surface area contributed by atoms with Crippen LogP contribution in [-0.2, 0) is 0 Å². The third kappa shape index (κ3) is 4.10. The second kappa shape index (κ2) is 8.89. The molecule has 3 heterocycles. The van der Waals surface area contributed by atoms with Gasteiger partial charge in [0.1, 0.15) is 11.5 Å². The van der Waals surface area contributed by atoms with Crippen LogP contribution in [0.15, 0.2) is 60.8 Å². The molecule has 1 fully saturated rings. The topological polar surface area (TPSA) is 58.1 Å². The fraction of sp³-hybridized carbons (Fsp3) is 0.240. The summed E-state index contributed by atoms with van der Waals surface area (Å²) in [6.07, 6.45) is 1.69. The normalized spacial score (nSPS) is 15.9. The van der Waals surface area contributed by atoms with Crippen LogP contribution < -0.4 is 10.2 Å². The maximum Gasteiger partial charge on any atom is 0.214 e.